The smallest absolute Gasteiger partial charge is 0.165 e. The van der Waals surface area contributed by atoms with Crippen LogP contribution >= 0.6 is 11.3 Å². The van der Waals surface area contributed by atoms with Crippen LogP contribution in [0.3, 0.4) is 0 Å². The molecular weight excluding hydrogens is 701 g/mol. The summed E-state index contributed by atoms with van der Waals surface area (Å²) in [5, 5.41) is 4.96. The molecule has 7 aromatic carbocycles. The Morgan fingerprint density at radius 1 is 0.411 bits per heavy atom. The molecule has 0 radical (unpaired) electrons. The lowest BCUT2D eigenvalue weighted by molar-refractivity contribution is 1.07. The van der Waals surface area contributed by atoms with Crippen LogP contribution in [0.2, 0.25) is 0 Å². The molecule has 0 spiro atoms. The van der Waals surface area contributed by atoms with Crippen molar-refractivity contribution < 1.29 is 0 Å². The van der Waals surface area contributed by atoms with Crippen LogP contribution in [0, 0.1) is 0 Å². The molecule has 0 saturated heterocycles. The molecule has 1 aliphatic carbocycles. The maximum absolute atomic E-state index is 5.27. The third-order valence-electron chi connectivity index (χ3n) is 10.9. The van der Waals surface area contributed by atoms with Gasteiger partial charge in [-0.05, 0) is 64.6 Å². The highest BCUT2D eigenvalue weighted by molar-refractivity contribution is 7.17. The van der Waals surface area contributed by atoms with Gasteiger partial charge in [0.05, 0.1) is 11.0 Å². The molecule has 0 bridgehead atoms. The lowest BCUT2D eigenvalue weighted by atomic mass is 10.0. The van der Waals surface area contributed by atoms with E-state index in [0.717, 1.165) is 46.3 Å². The highest BCUT2D eigenvalue weighted by atomic mass is 32.1. The molecule has 264 valence electrons. The first-order valence-corrected chi connectivity index (χ1v) is 19.9. The zero-order chi connectivity index (χ0) is 37.0. The fraction of sp³-hybridized carbons (Fsp3) is 0.0392. The second-order valence-corrected chi connectivity index (χ2v) is 15.4. The fourth-order valence-corrected chi connectivity index (χ4v) is 9.43. The first-order valence-electron chi connectivity index (χ1n) is 19.1. The minimum atomic E-state index is 0.657. The van der Waals surface area contributed by atoms with Crippen molar-refractivity contribution in [2.75, 3.05) is 0 Å². The van der Waals surface area contributed by atoms with Crippen molar-refractivity contribution in [1.29, 1.82) is 0 Å². The van der Waals surface area contributed by atoms with E-state index in [1.165, 1.54) is 52.9 Å². The van der Waals surface area contributed by atoms with E-state index in [0.29, 0.717) is 17.5 Å². The van der Waals surface area contributed by atoms with Gasteiger partial charge in [0.15, 0.2) is 17.5 Å². The highest BCUT2D eigenvalue weighted by Gasteiger charge is 2.21. The molecule has 0 unspecified atom stereocenters. The normalized spacial score (nSPS) is 12.4. The topological polar surface area (TPSA) is 43.6 Å². The number of rotatable bonds is 6. The van der Waals surface area contributed by atoms with Crippen molar-refractivity contribution in [2.24, 2.45) is 0 Å². The average Bonchev–Trinajstić information content (AvgIpc) is 3.82. The van der Waals surface area contributed by atoms with Crippen molar-refractivity contribution in [1.82, 2.24) is 19.5 Å². The van der Waals surface area contributed by atoms with Crippen LogP contribution in [0.1, 0.15) is 12.8 Å². The molecule has 0 aliphatic heterocycles. The number of thiophene rings is 1. The predicted molar refractivity (Wildman–Crippen MR) is 234 cm³/mol. The summed E-state index contributed by atoms with van der Waals surface area (Å²) in [4.78, 5) is 15.6. The standard InChI is InChI=1S/C51H34N4S/c1-5-15-33(16-6-1)37-25-27-40-41-28-26-38(34-17-7-2-8-18-34)30-46(41)55(45(40)29-37)39-31-43-42-23-13-14-24-47(42)56-48(43)44(32-39)51-53-49(35-19-9-3-10-20-35)52-50(54-51)36-21-11-4-12-22-36/h1-12,15-32H,13-14H2. The van der Waals surface area contributed by atoms with Gasteiger partial charge >= 0.3 is 0 Å². The van der Waals surface area contributed by atoms with Crippen LogP contribution in [0.5, 0.6) is 0 Å². The third-order valence-corrected chi connectivity index (χ3v) is 12.1. The zero-order valence-electron chi connectivity index (χ0n) is 30.4. The molecule has 1 aliphatic rings. The number of hydrogen-bond acceptors (Lipinski definition) is 4. The maximum atomic E-state index is 5.27. The Morgan fingerprint density at radius 2 is 0.893 bits per heavy atom. The van der Waals surface area contributed by atoms with Gasteiger partial charge in [0.25, 0.3) is 0 Å². The summed E-state index contributed by atoms with van der Waals surface area (Å²) in [5.74, 6) is 1.98. The summed E-state index contributed by atoms with van der Waals surface area (Å²) < 4.78 is 4.96. The van der Waals surface area contributed by atoms with Crippen LogP contribution in [-0.4, -0.2) is 19.5 Å². The third kappa shape index (κ3) is 5.55. The van der Waals surface area contributed by atoms with E-state index >= 15 is 0 Å². The molecule has 56 heavy (non-hydrogen) atoms. The van der Waals surface area contributed by atoms with Gasteiger partial charge in [-0.15, -0.1) is 11.3 Å². The summed E-state index contributed by atoms with van der Waals surface area (Å²) in [6.45, 7) is 0. The van der Waals surface area contributed by atoms with Crippen LogP contribution in [0.25, 0.3) is 106 Å². The summed E-state index contributed by atoms with van der Waals surface area (Å²) in [6.07, 6.45) is 6.87. The minimum Gasteiger partial charge on any atom is -0.309 e. The molecule has 0 fully saturated rings. The molecule has 11 rings (SSSR count). The molecule has 4 nitrogen and oxygen atoms in total. The summed E-state index contributed by atoms with van der Waals surface area (Å²) in [7, 11) is 0. The van der Waals surface area contributed by atoms with E-state index in [9.17, 15) is 0 Å². The van der Waals surface area contributed by atoms with Gasteiger partial charge in [-0.1, -0.05) is 158 Å². The number of fused-ring (bicyclic) bond motifs is 6. The first kappa shape index (κ1) is 32.5. The van der Waals surface area contributed by atoms with Gasteiger partial charge in [0, 0.05) is 47.8 Å². The summed E-state index contributed by atoms with van der Waals surface area (Å²) >= 11 is 1.84. The van der Waals surface area contributed by atoms with Crippen molar-refractivity contribution in [3.8, 4) is 62.1 Å². The van der Waals surface area contributed by atoms with E-state index in [4.69, 9.17) is 15.0 Å². The largest absolute Gasteiger partial charge is 0.309 e. The number of hydrogen-bond donors (Lipinski definition) is 0. The van der Waals surface area contributed by atoms with Gasteiger partial charge in [0.2, 0.25) is 0 Å². The Balaban J connectivity index is 1.24. The van der Waals surface area contributed by atoms with Crippen LogP contribution < -0.4 is 9.75 Å². The van der Waals surface area contributed by atoms with Crippen molar-refractivity contribution >= 4 is 55.4 Å². The van der Waals surface area contributed by atoms with E-state index in [2.05, 4.69) is 150 Å². The lowest BCUT2D eigenvalue weighted by Crippen LogP contribution is -2.20. The molecule has 3 heterocycles. The Kier molecular flexibility index (Phi) is 7.78. The summed E-state index contributed by atoms with van der Waals surface area (Å²) in [6, 6.07) is 60.3. The zero-order valence-corrected chi connectivity index (χ0v) is 31.2. The van der Waals surface area contributed by atoms with Crippen LogP contribution in [-0.2, 0) is 0 Å². The van der Waals surface area contributed by atoms with Crippen molar-refractivity contribution in [3.05, 3.63) is 180 Å². The molecule has 0 amide bonds. The number of aromatic nitrogens is 4. The van der Waals surface area contributed by atoms with Gasteiger partial charge < -0.3 is 4.57 Å². The minimum absolute atomic E-state index is 0.657. The quantitative estimate of drug-likeness (QED) is 0.171. The molecule has 3 aromatic heterocycles. The predicted octanol–water partition coefficient (Wildman–Crippen LogP) is 11.9. The molecular formula is C51H34N4S. The van der Waals surface area contributed by atoms with E-state index in [1.54, 1.807) is 0 Å². The average molecular weight is 735 g/mol. The van der Waals surface area contributed by atoms with Gasteiger partial charge in [-0.2, -0.15) is 0 Å². The monoisotopic (exact) mass is 734 g/mol. The molecule has 5 heteroatoms. The molecule has 0 atom stereocenters. The van der Waals surface area contributed by atoms with Crippen LogP contribution in [0.4, 0.5) is 0 Å². The number of nitrogens with zero attached hydrogens (tertiary/aromatic N) is 4. The lowest BCUT2D eigenvalue weighted by Gasteiger charge is -2.14. The second-order valence-electron chi connectivity index (χ2n) is 14.3. The van der Waals surface area contributed by atoms with Crippen LogP contribution in [0.15, 0.2) is 170 Å². The van der Waals surface area contributed by atoms with E-state index in [1.807, 2.05) is 47.7 Å². The van der Waals surface area contributed by atoms with Crippen molar-refractivity contribution in [3.63, 3.8) is 0 Å². The first-order chi connectivity index (χ1) is 27.7. The Bertz CT molecular complexity index is 3070. The molecule has 0 N–H and O–H groups in total. The molecule has 0 saturated carbocycles. The molecule has 10 aromatic rings. The second kappa shape index (κ2) is 13.4. The van der Waals surface area contributed by atoms with Gasteiger partial charge in [-0.25, -0.2) is 15.0 Å². The Hall–Kier alpha value is -6.95. The SMILES string of the molecule is C1=c2sc3c(-c4nc(-c5ccccc5)nc(-c5ccccc5)n4)cc(-n4c5cc(-c6ccccc6)ccc5c5ccc(-c6ccccc6)cc54)cc3c2=CCC1. The number of benzene rings is 7. The van der Waals surface area contributed by atoms with Gasteiger partial charge in [-0.3, -0.25) is 0 Å². The van der Waals surface area contributed by atoms with E-state index < -0.39 is 0 Å². The Morgan fingerprint density at radius 3 is 1.43 bits per heavy atom. The highest BCUT2D eigenvalue weighted by Crippen LogP contribution is 2.40. The maximum Gasteiger partial charge on any atom is 0.165 e. The van der Waals surface area contributed by atoms with Crippen molar-refractivity contribution in [2.45, 2.75) is 12.8 Å². The van der Waals surface area contributed by atoms with Gasteiger partial charge in [0.1, 0.15) is 0 Å². The fourth-order valence-electron chi connectivity index (χ4n) is 8.17. The van der Waals surface area contributed by atoms with E-state index in [-0.39, 0.29) is 0 Å². The Labute approximate surface area is 328 Å². The summed E-state index contributed by atoms with van der Waals surface area (Å²) in [5.41, 5.74) is 11.0.